The minimum absolute atomic E-state index is 0.0899. The van der Waals surface area contributed by atoms with Crippen LogP contribution in [0.3, 0.4) is 0 Å². The van der Waals surface area contributed by atoms with E-state index < -0.39 is 5.97 Å². The lowest BCUT2D eigenvalue weighted by Crippen LogP contribution is -2.55. The Balaban J connectivity index is 2.67. The van der Waals surface area contributed by atoms with Gasteiger partial charge < -0.3 is 10.4 Å². The Morgan fingerprint density at radius 1 is 1.42 bits per heavy atom. The molecule has 2 unspecified atom stereocenters. The number of aliphatic carboxylic acids is 1. The highest BCUT2D eigenvalue weighted by Gasteiger charge is 2.32. The highest BCUT2D eigenvalue weighted by Crippen LogP contribution is 2.22. The van der Waals surface area contributed by atoms with E-state index in [0.717, 1.165) is 38.8 Å². The number of carbonyl (C=O) groups is 1. The van der Waals surface area contributed by atoms with Crippen LogP contribution in [0, 0.1) is 0 Å². The van der Waals surface area contributed by atoms with Gasteiger partial charge in [0, 0.05) is 18.1 Å². The lowest BCUT2D eigenvalue weighted by molar-refractivity contribution is -0.145. The normalized spacial score (nSPS) is 23.3. The van der Waals surface area contributed by atoms with E-state index in [9.17, 15) is 9.90 Å². The number of carboxylic acid groups (broad SMARTS) is 1. The summed E-state index contributed by atoms with van der Waals surface area (Å²) in [6.45, 7) is 10.3. The molecule has 19 heavy (non-hydrogen) atoms. The molecule has 1 fully saturated rings. The average molecular weight is 270 g/mol. The van der Waals surface area contributed by atoms with Gasteiger partial charge in [0.05, 0.1) is 0 Å². The fourth-order valence-electron chi connectivity index (χ4n) is 2.78. The molecule has 1 rings (SSSR count). The van der Waals surface area contributed by atoms with E-state index in [0.29, 0.717) is 6.04 Å². The van der Waals surface area contributed by atoms with E-state index in [4.69, 9.17) is 0 Å². The number of nitrogens with one attached hydrogen (secondary N) is 1. The van der Waals surface area contributed by atoms with Gasteiger partial charge in [-0.1, -0.05) is 19.8 Å². The summed E-state index contributed by atoms with van der Waals surface area (Å²) >= 11 is 0. The van der Waals surface area contributed by atoms with Crippen LogP contribution in [-0.2, 0) is 4.79 Å². The maximum atomic E-state index is 11.5. The molecular weight excluding hydrogens is 240 g/mol. The Kier molecular flexibility index (Phi) is 6.27. The van der Waals surface area contributed by atoms with E-state index in [1.165, 1.54) is 6.42 Å². The first-order chi connectivity index (χ1) is 8.85. The van der Waals surface area contributed by atoms with Gasteiger partial charge in [0.1, 0.15) is 6.04 Å². The number of hydrogen-bond acceptors (Lipinski definition) is 3. The smallest absolute Gasteiger partial charge is 0.320 e. The molecule has 0 saturated carbocycles. The van der Waals surface area contributed by atoms with Gasteiger partial charge in [-0.15, -0.1) is 0 Å². The molecule has 1 aliphatic rings. The maximum Gasteiger partial charge on any atom is 0.320 e. The van der Waals surface area contributed by atoms with E-state index in [1.54, 1.807) is 0 Å². The average Bonchev–Trinajstić information content (AvgIpc) is 2.33. The van der Waals surface area contributed by atoms with Crippen LogP contribution in [0.2, 0.25) is 0 Å². The molecule has 2 N–H and O–H groups in total. The van der Waals surface area contributed by atoms with Crippen molar-refractivity contribution in [1.29, 1.82) is 0 Å². The summed E-state index contributed by atoms with van der Waals surface area (Å²) in [7, 11) is 0. The topological polar surface area (TPSA) is 52.6 Å². The van der Waals surface area contributed by atoms with Crippen LogP contribution in [-0.4, -0.2) is 46.7 Å². The summed E-state index contributed by atoms with van der Waals surface area (Å²) in [6, 6.07) is 0.0534. The van der Waals surface area contributed by atoms with Crippen molar-refractivity contribution < 1.29 is 9.90 Å². The van der Waals surface area contributed by atoms with Crippen molar-refractivity contribution in [2.24, 2.45) is 0 Å². The largest absolute Gasteiger partial charge is 0.480 e. The molecule has 0 spiro atoms. The summed E-state index contributed by atoms with van der Waals surface area (Å²) in [5.74, 6) is -0.662. The van der Waals surface area contributed by atoms with E-state index in [2.05, 4.69) is 37.9 Å². The van der Waals surface area contributed by atoms with Crippen molar-refractivity contribution in [3.63, 3.8) is 0 Å². The third kappa shape index (κ3) is 5.49. The van der Waals surface area contributed by atoms with Crippen LogP contribution in [0.5, 0.6) is 0 Å². The number of carboxylic acids is 1. The van der Waals surface area contributed by atoms with Crippen LogP contribution >= 0.6 is 0 Å². The third-order valence-corrected chi connectivity index (χ3v) is 3.79. The van der Waals surface area contributed by atoms with Crippen LogP contribution in [0.4, 0.5) is 0 Å². The standard InChI is InChI=1S/C15H30N2O2/c1-5-8-13(14(18)19)17-10-7-6-9-12(17)11-16-15(2,3)4/h12-13,16H,5-11H2,1-4H3,(H,18,19). The Morgan fingerprint density at radius 2 is 2.11 bits per heavy atom. The van der Waals surface area contributed by atoms with Gasteiger partial charge in [-0.05, 0) is 46.6 Å². The van der Waals surface area contributed by atoms with Crippen molar-refractivity contribution in [2.75, 3.05) is 13.1 Å². The van der Waals surface area contributed by atoms with Crippen molar-refractivity contribution >= 4 is 5.97 Å². The van der Waals surface area contributed by atoms with Crippen LogP contribution < -0.4 is 5.32 Å². The predicted octanol–water partition coefficient (Wildman–Crippen LogP) is 2.48. The molecule has 4 heteroatoms. The molecule has 0 bridgehead atoms. The summed E-state index contributed by atoms with van der Waals surface area (Å²) in [6.07, 6.45) is 5.12. The van der Waals surface area contributed by atoms with Gasteiger partial charge in [0.15, 0.2) is 0 Å². The Hall–Kier alpha value is -0.610. The number of nitrogens with zero attached hydrogens (tertiary/aromatic N) is 1. The maximum absolute atomic E-state index is 11.5. The molecule has 112 valence electrons. The summed E-state index contributed by atoms with van der Waals surface area (Å²) in [5.41, 5.74) is 0.0899. The number of rotatable bonds is 6. The lowest BCUT2D eigenvalue weighted by Gasteiger charge is -2.40. The highest BCUT2D eigenvalue weighted by atomic mass is 16.4. The number of hydrogen-bond donors (Lipinski definition) is 2. The molecule has 0 radical (unpaired) electrons. The second-order valence-corrected chi connectivity index (χ2v) is 6.66. The predicted molar refractivity (Wildman–Crippen MR) is 78.4 cm³/mol. The lowest BCUT2D eigenvalue weighted by atomic mass is 9.97. The second kappa shape index (κ2) is 7.25. The zero-order valence-electron chi connectivity index (χ0n) is 12.9. The molecule has 0 aromatic heterocycles. The Morgan fingerprint density at radius 3 is 2.63 bits per heavy atom. The van der Waals surface area contributed by atoms with Gasteiger partial charge in [-0.3, -0.25) is 9.69 Å². The van der Waals surface area contributed by atoms with Crippen molar-refractivity contribution in [3.05, 3.63) is 0 Å². The number of piperidine rings is 1. The fourth-order valence-corrected chi connectivity index (χ4v) is 2.78. The quantitative estimate of drug-likeness (QED) is 0.778. The monoisotopic (exact) mass is 270 g/mol. The molecule has 1 heterocycles. The molecule has 1 aliphatic heterocycles. The minimum Gasteiger partial charge on any atom is -0.480 e. The first-order valence-corrected chi connectivity index (χ1v) is 7.58. The summed E-state index contributed by atoms with van der Waals surface area (Å²) in [5, 5.41) is 13.0. The summed E-state index contributed by atoms with van der Waals surface area (Å²) < 4.78 is 0. The minimum atomic E-state index is -0.662. The van der Waals surface area contributed by atoms with E-state index in [1.807, 2.05) is 0 Å². The van der Waals surface area contributed by atoms with Gasteiger partial charge in [0.25, 0.3) is 0 Å². The van der Waals surface area contributed by atoms with Gasteiger partial charge in [-0.25, -0.2) is 0 Å². The van der Waals surface area contributed by atoms with Crippen LogP contribution in [0.1, 0.15) is 59.8 Å². The number of likely N-dealkylation sites (tertiary alicyclic amines) is 1. The zero-order valence-corrected chi connectivity index (χ0v) is 12.9. The van der Waals surface area contributed by atoms with Gasteiger partial charge >= 0.3 is 5.97 Å². The molecular formula is C15H30N2O2. The highest BCUT2D eigenvalue weighted by molar-refractivity contribution is 5.73. The van der Waals surface area contributed by atoms with E-state index in [-0.39, 0.29) is 11.6 Å². The molecule has 0 aliphatic carbocycles. The van der Waals surface area contributed by atoms with Crippen LogP contribution in [0.25, 0.3) is 0 Å². The van der Waals surface area contributed by atoms with Crippen molar-refractivity contribution in [2.45, 2.75) is 77.4 Å². The molecule has 2 atom stereocenters. The van der Waals surface area contributed by atoms with Crippen molar-refractivity contribution in [1.82, 2.24) is 10.2 Å². The molecule has 0 aromatic carbocycles. The van der Waals surface area contributed by atoms with Crippen LogP contribution in [0.15, 0.2) is 0 Å². The van der Waals surface area contributed by atoms with E-state index >= 15 is 0 Å². The van der Waals surface area contributed by atoms with Gasteiger partial charge in [0.2, 0.25) is 0 Å². The first-order valence-electron chi connectivity index (χ1n) is 7.58. The molecule has 1 saturated heterocycles. The SMILES string of the molecule is CCCC(C(=O)O)N1CCCCC1CNC(C)(C)C. The third-order valence-electron chi connectivity index (χ3n) is 3.79. The van der Waals surface area contributed by atoms with Crippen molar-refractivity contribution in [3.8, 4) is 0 Å². The summed E-state index contributed by atoms with van der Waals surface area (Å²) in [4.78, 5) is 13.7. The van der Waals surface area contributed by atoms with Gasteiger partial charge in [-0.2, -0.15) is 0 Å². The molecule has 4 nitrogen and oxygen atoms in total. The molecule has 0 aromatic rings. The Labute approximate surface area is 117 Å². The second-order valence-electron chi connectivity index (χ2n) is 6.66. The zero-order chi connectivity index (χ0) is 14.5. The Bertz CT molecular complexity index is 286. The fraction of sp³-hybridized carbons (Fsp3) is 0.933. The first kappa shape index (κ1) is 16.4. The molecule has 0 amide bonds.